The molecule has 1 N–H and O–H groups in total. The SMILES string of the molecule is CCCN(CC(=O)O)Cc1cccc(OC(F)F)c1. The van der Waals surface area contributed by atoms with Gasteiger partial charge in [0.2, 0.25) is 0 Å². The van der Waals surface area contributed by atoms with Crippen LogP contribution in [0, 0.1) is 0 Å². The summed E-state index contributed by atoms with van der Waals surface area (Å²) in [5.41, 5.74) is 0.743. The summed E-state index contributed by atoms with van der Waals surface area (Å²) in [5.74, 6) is -0.826. The Labute approximate surface area is 110 Å². The van der Waals surface area contributed by atoms with E-state index in [0.29, 0.717) is 13.1 Å². The van der Waals surface area contributed by atoms with E-state index in [9.17, 15) is 13.6 Å². The second-order valence-electron chi connectivity index (χ2n) is 4.13. The number of carboxylic acids is 1. The molecule has 0 aliphatic rings. The molecule has 4 nitrogen and oxygen atoms in total. The lowest BCUT2D eigenvalue weighted by molar-refractivity contribution is -0.138. The van der Waals surface area contributed by atoms with E-state index in [1.165, 1.54) is 12.1 Å². The van der Waals surface area contributed by atoms with Crippen LogP contribution in [0.15, 0.2) is 24.3 Å². The van der Waals surface area contributed by atoms with Crippen LogP contribution in [-0.2, 0) is 11.3 Å². The minimum atomic E-state index is -2.86. The molecule has 0 unspecified atom stereocenters. The van der Waals surface area contributed by atoms with Gasteiger partial charge in [0.25, 0.3) is 0 Å². The maximum atomic E-state index is 12.1. The molecule has 0 heterocycles. The molecule has 0 radical (unpaired) electrons. The molecule has 0 spiro atoms. The highest BCUT2D eigenvalue weighted by molar-refractivity contribution is 5.69. The number of alkyl halides is 2. The Kier molecular flexibility index (Phi) is 6.21. The van der Waals surface area contributed by atoms with Crippen molar-refractivity contribution in [1.82, 2.24) is 4.90 Å². The van der Waals surface area contributed by atoms with Gasteiger partial charge in [0, 0.05) is 6.54 Å². The molecular weight excluding hydrogens is 256 g/mol. The topological polar surface area (TPSA) is 49.8 Å². The highest BCUT2D eigenvalue weighted by atomic mass is 19.3. The van der Waals surface area contributed by atoms with Gasteiger partial charge in [-0.1, -0.05) is 19.1 Å². The third-order valence-electron chi connectivity index (χ3n) is 2.43. The number of aliphatic carboxylic acids is 1. The Morgan fingerprint density at radius 1 is 1.47 bits per heavy atom. The van der Waals surface area contributed by atoms with Gasteiger partial charge in [0.15, 0.2) is 0 Å². The molecule has 0 atom stereocenters. The maximum Gasteiger partial charge on any atom is 0.387 e. The molecule has 0 aliphatic heterocycles. The predicted molar refractivity (Wildman–Crippen MR) is 66.3 cm³/mol. The molecule has 0 bridgehead atoms. The van der Waals surface area contributed by atoms with Crippen molar-refractivity contribution in [3.05, 3.63) is 29.8 Å². The van der Waals surface area contributed by atoms with Crippen LogP contribution in [0.3, 0.4) is 0 Å². The number of benzene rings is 1. The van der Waals surface area contributed by atoms with Gasteiger partial charge in [-0.3, -0.25) is 9.69 Å². The molecular formula is C13H17F2NO3. The lowest BCUT2D eigenvalue weighted by Gasteiger charge is -2.19. The van der Waals surface area contributed by atoms with Gasteiger partial charge in [-0.05, 0) is 30.7 Å². The molecule has 0 aromatic heterocycles. The number of carbonyl (C=O) groups is 1. The standard InChI is InChI=1S/C13H17F2NO3/c1-2-6-16(9-12(17)18)8-10-4-3-5-11(7-10)19-13(14)15/h3-5,7,13H,2,6,8-9H2,1H3,(H,17,18). The third-order valence-corrected chi connectivity index (χ3v) is 2.43. The third kappa shape index (κ3) is 6.15. The second-order valence-corrected chi connectivity index (χ2v) is 4.13. The Bertz CT molecular complexity index is 413. The number of halogens is 2. The smallest absolute Gasteiger partial charge is 0.387 e. The van der Waals surface area contributed by atoms with Crippen molar-refractivity contribution >= 4 is 5.97 Å². The average molecular weight is 273 g/mol. The van der Waals surface area contributed by atoms with Gasteiger partial charge in [-0.15, -0.1) is 0 Å². The number of rotatable bonds is 8. The summed E-state index contributed by atoms with van der Waals surface area (Å²) in [4.78, 5) is 12.5. The number of nitrogens with zero attached hydrogens (tertiary/aromatic N) is 1. The zero-order chi connectivity index (χ0) is 14.3. The maximum absolute atomic E-state index is 12.1. The fourth-order valence-corrected chi connectivity index (χ4v) is 1.80. The number of ether oxygens (including phenoxy) is 1. The van der Waals surface area contributed by atoms with E-state index < -0.39 is 12.6 Å². The highest BCUT2D eigenvalue weighted by Crippen LogP contribution is 2.17. The van der Waals surface area contributed by atoms with Crippen LogP contribution in [0.25, 0.3) is 0 Å². The van der Waals surface area contributed by atoms with Crippen molar-refractivity contribution in [1.29, 1.82) is 0 Å². The van der Waals surface area contributed by atoms with Gasteiger partial charge < -0.3 is 9.84 Å². The Balaban J connectivity index is 2.69. The molecule has 0 saturated carbocycles. The van der Waals surface area contributed by atoms with Crippen LogP contribution in [0.5, 0.6) is 5.75 Å². The van der Waals surface area contributed by atoms with E-state index in [-0.39, 0.29) is 12.3 Å². The summed E-state index contributed by atoms with van der Waals surface area (Å²) >= 11 is 0. The molecule has 0 amide bonds. The van der Waals surface area contributed by atoms with Gasteiger partial charge in [-0.2, -0.15) is 8.78 Å². The first-order valence-corrected chi connectivity index (χ1v) is 5.99. The zero-order valence-corrected chi connectivity index (χ0v) is 10.7. The fraction of sp³-hybridized carbons (Fsp3) is 0.462. The van der Waals surface area contributed by atoms with Crippen LogP contribution >= 0.6 is 0 Å². The minimum absolute atomic E-state index is 0.0756. The Morgan fingerprint density at radius 3 is 2.79 bits per heavy atom. The molecule has 0 aliphatic carbocycles. The molecule has 0 fully saturated rings. The Morgan fingerprint density at radius 2 is 2.21 bits per heavy atom. The summed E-state index contributed by atoms with van der Waals surface area (Å²) in [6.45, 7) is 0.0344. The first kappa shape index (κ1) is 15.4. The first-order valence-electron chi connectivity index (χ1n) is 5.99. The summed E-state index contributed by atoms with van der Waals surface area (Å²) in [5, 5.41) is 8.80. The summed E-state index contributed by atoms with van der Waals surface area (Å²) in [6, 6.07) is 6.30. The van der Waals surface area contributed by atoms with Gasteiger partial charge in [0.1, 0.15) is 5.75 Å². The molecule has 19 heavy (non-hydrogen) atoms. The summed E-state index contributed by atoms with van der Waals surface area (Å²) < 4.78 is 28.5. The van der Waals surface area contributed by atoms with Crippen molar-refractivity contribution < 1.29 is 23.4 Å². The summed E-state index contributed by atoms with van der Waals surface area (Å²) in [6.07, 6.45) is 0.820. The monoisotopic (exact) mass is 273 g/mol. The lowest BCUT2D eigenvalue weighted by atomic mass is 10.2. The van der Waals surface area contributed by atoms with Crippen LogP contribution in [0.1, 0.15) is 18.9 Å². The number of hydrogen-bond donors (Lipinski definition) is 1. The molecule has 0 saturated heterocycles. The number of carboxylic acid groups (broad SMARTS) is 1. The van der Waals surface area contributed by atoms with Crippen molar-refractivity contribution in [3.8, 4) is 5.75 Å². The predicted octanol–water partition coefficient (Wildman–Crippen LogP) is 2.58. The van der Waals surface area contributed by atoms with E-state index in [1.54, 1.807) is 17.0 Å². The molecule has 6 heteroatoms. The number of hydrogen-bond acceptors (Lipinski definition) is 3. The van der Waals surface area contributed by atoms with Crippen molar-refractivity contribution in [2.45, 2.75) is 26.5 Å². The zero-order valence-electron chi connectivity index (χ0n) is 10.7. The molecule has 106 valence electrons. The van der Waals surface area contributed by atoms with Crippen LogP contribution in [0.4, 0.5) is 8.78 Å². The normalized spacial score (nSPS) is 11.0. The van der Waals surface area contributed by atoms with Crippen LogP contribution < -0.4 is 4.74 Å². The first-order chi connectivity index (χ1) is 9.01. The van der Waals surface area contributed by atoms with Crippen LogP contribution in [0.2, 0.25) is 0 Å². The van der Waals surface area contributed by atoms with E-state index in [4.69, 9.17) is 5.11 Å². The molecule has 1 rings (SSSR count). The molecule has 1 aromatic carbocycles. The van der Waals surface area contributed by atoms with E-state index in [1.807, 2.05) is 6.92 Å². The quantitative estimate of drug-likeness (QED) is 0.791. The fourth-order valence-electron chi connectivity index (χ4n) is 1.80. The van der Waals surface area contributed by atoms with Crippen molar-refractivity contribution in [2.75, 3.05) is 13.1 Å². The molecule has 1 aromatic rings. The largest absolute Gasteiger partial charge is 0.480 e. The van der Waals surface area contributed by atoms with Crippen LogP contribution in [-0.4, -0.2) is 35.7 Å². The van der Waals surface area contributed by atoms with E-state index in [0.717, 1.165) is 12.0 Å². The highest BCUT2D eigenvalue weighted by Gasteiger charge is 2.10. The van der Waals surface area contributed by atoms with Crippen molar-refractivity contribution in [3.63, 3.8) is 0 Å². The van der Waals surface area contributed by atoms with E-state index >= 15 is 0 Å². The van der Waals surface area contributed by atoms with Gasteiger partial charge in [0.05, 0.1) is 6.54 Å². The average Bonchev–Trinajstić information content (AvgIpc) is 2.27. The lowest BCUT2D eigenvalue weighted by Crippen LogP contribution is -2.30. The van der Waals surface area contributed by atoms with Gasteiger partial charge >= 0.3 is 12.6 Å². The minimum Gasteiger partial charge on any atom is -0.480 e. The van der Waals surface area contributed by atoms with E-state index in [2.05, 4.69) is 4.74 Å². The van der Waals surface area contributed by atoms with Gasteiger partial charge in [-0.25, -0.2) is 0 Å². The second kappa shape index (κ2) is 7.68. The van der Waals surface area contributed by atoms with Crippen molar-refractivity contribution in [2.24, 2.45) is 0 Å². The summed E-state index contributed by atoms with van der Waals surface area (Å²) in [7, 11) is 0. The Hall–Kier alpha value is -1.69.